The number of nitrogens with two attached hydrogens (primary N) is 1. The first-order chi connectivity index (χ1) is 9.67. The molecule has 0 saturated carbocycles. The third-order valence-electron chi connectivity index (χ3n) is 3.29. The molecule has 2 N–H and O–H groups in total. The zero-order chi connectivity index (χ0) is 14.5. The van der Waals surface area contributed by atoms with Gasteiger partial charge in [-0.3, -0.25) is 0 Å². The lowest BCUT2D eigenvalue weighted by Crippen LogP contribution is -2.14. The Morgan fingerprint density at radius 1 is 1.20 bits per heavy atom. The van der Waals surface area contributed by atoms with Gasteiger partial charge in [-0.05, 0) is 42.8 Å². The number of methoxy groups -OCH3 is 1. The SMILES string of the molecule is COc1cccc(N(C)c2cccc(Cl)c2CCN)c1. The van der Waals surface area contributed by atoms with Gasteiger partial charge in [0.25, 0.3) is 0 Å². The van der Waals surface area contributed by atoms with Crippen LogP contribution in [0.15, 0.2) is 42.5 Å². The zero-order valence-electron chi connectivity index (χ0n) is 11.8. The van der Waals surface area contributed by atoms with Gasteiger partial charge in [-0.15, -0.1) is 0 Å². The summed E-state index contributed by atoms with van der Waals surface area (Å²) in [6.07, 6.45) is 0.753. The molecular weight excluding hydrogens is 272 g/mol. The van der Waals surface area contributed by atoms with Crippen LogP contribution in [0.1, 0.15) is 5.56 Å². The second-order valence-electron chi connectivity index (χ2n) is 4.54. The highest BCUT2D eigenvalue weighted by molar-refractivity contribution is 6.31. The standard InChI is InChI=1S/C16H19ClN2O/c1-19(12-5-3-6-13(11-12)20-2)16-8-4-7-15(17)14(16)9-10-18/h3-8,11H,9-10,18H2,1-2H3. The summed E-state index contributed by atoms with van der Waals surface area (Å²) in [5, 5.41) is 0.752. The molecule has 0 fully saturated rings. The Kier molecular flexibility index (Phi) is 4.88. The molecule has 0 atom stereocenters. The Bertz CT molecular complexity index is 586. The summed E-state index contributed by atoms with van der Waals surface area (Å²) >= 11 is 6.29. The number of anilines is 2. The number of benzene rings is 2. The summed E-state index contributed by atoms with van der Waals surface area (Å²) in [4.78, 5) is 2.10. The second kappa shape index (κ2) is 6.64. The minimum Gasteiger partial charge on any atom is -0.497 e. The van der Waals surface area contributed by atoms with Crippen LogP contribution in [0.3, 0.4) is 0 Å². The highest BCUT2D eigenvalue weighted by Crippen LogP contribution is 2.32. The number of ether oxygens (including phenoxy) is 1. The average molecular weight is 291 g/mol. The summed E-state index contributed by atoms with van der Waals surface area (Å²) in [7, 11) is 3.68. The maximum Gasteiger partial charge on any atom is 0.120 e. The molecule has 106 valence electrons. The summed E-state index contributed by atoms with van der Waals surface area (Å²) in [6.45, 7) is 0.572. The molecule has 0 aromatic heterocycles. The number of nitrogens with zero attached hydrogens (tertiary/aromatic N) is 1. The number of rotatable bonds is 5. The van der Waals surface area contributed by atoms with Crippen LogP contribution in [0.5, 0.6) is 5.75 Å². The number of halogens is 1. The zero-order valence-corrected chi connectivity index (χ0v) is 12.5. The van der Waals surface area contributed by atoms with Gasteiger partial charge in [-0.1, -0.05) is 23.7 Å². The fourth-order valence-corrected chi connectivity index (χ4v) is 2.48. The van der Waals surface area contributed by atoms with Gasteiger partial charge in [0.1, 0.15) is 5.75 Å². The minimum atomic E-state index is 0.572. The predicted octanol–water partition coefficient (Wildman–Crippen LogP) is 3.62. The van der Waals surface area contributed by atoms with Crippen molar-refractivity contribution in [3.8, 4) is 5.75 Å². The van der Waals surface area contributed by atoms with E-state index >= 15 is 0 Å². The van der Waals surface area contributed by atoms with Crippen LogP contribution >= 0.6 is 11.6 Å². The highest BCUT2D eigenvalue weighted by atomic mass is 35.5. The average Bonchev–Trinajstić information content (AvgIpc) is 2.49. The summed E-state index contributed by atoms with van der Waals surface area (Å²) in [5.41, 5.74) is 8.87. The van der Waals surface area contributed by atoms with Gasteiger partial charge >= 0.3 is 0 Å². The molecule has 3 nitrogen and oxygen atoms in total. The van der Waals surface area contributed by atoms with Crippen LogP contribution in [0.2, 0.25) is 5.02 Å². The van der Waals surface area contributed by atoms with Crippen molar-refractivity contribution in [3.05, 3.63) is 53.1 Å². The minimum absolute atomic E-state index is 0.572. The Balaban J connectivity index is 2.42. The lowest BCUT2D eigenvalue weighted by Gasteiger charge is -2.23. The largest absolute Gasteiger partial charge is 0.497 e. The normalized spacial score (nSPS) is 10.4. The third kappa shape index (κ3) is 3.06. The van der Waals surface area contributed by atoms with Gasteiger partial charge in [0.05, 0.1) is 7.11 Å². The molecule has 0 saturated heterocycles. The quantitative estimate of drug-likeness (QED) is 0.914. The fraction of sp³-hybridized carbons (Fsp3) is 0.250. The molecule has 20 heavy (non-hydrogen) atoms. The predicted molar refractivity (Wildman–Crippen MR) is 85.3 cm³/mol. The number of hydrogen-bond acceptors (Lipinski definition) is 3. The Labute approximate surface area is 124 Å². The summed E-state index contributed by atoms with van der Waals surface area (Å²) in [5.74, 6) is 0.830. The van der Waals surface area contributed by atoms with E-state index in [1.807, 2.05) is 43.4 Å². The summed E-state index contributed by atoms with van der Waals surface area (Å²) < 4.78 is 5.27. The van der Waals surface area contributed by atoms with Crippen LogP contribution in [0, 0.1) is 0 Å². The maximum absolute atomic E-state index is 6.29. The van der Waals surface area contributed by atoms with Crippen molar-refractivity contribution in [1.82, 2.24) is 0 Å². The van der Waals surface area contributed by atoms with Crippen molar-refractivity contribution in [2.75, 3.05) is 25.6 Å². The molecule has 0 unspecified atom stereocenters. The molecule has 0 amide bonds. The Hall–Kier alpha value is -1.71. The molecular formula is C16H19ClN2O. The van der Waals surface area contributed by atoms with E-state index in [1.54, 1.807) is 7.11 Å². The molecule has 2 rings (SSSR count). The fourth-order valence-electron chi connectivity index (χ4n) is 2.21. The number of hydrogen-bond donors (Lipinski definition) is 1. The third-order valence-corrected chi connectivity index (χ3v) is 3.64. The van der Waals surface area contributed by atoms with Gasteiger partial charge in [0, 0.05) is 29.5 Å². The molecule has 2 aromatic rings. The first kappa shape index (κ1) is 14.7. The molecule has 0 aliphatic rings. The van der Waals surface area contributed by atoms with Crippen molar-refractivity contribution in [3.63, 3.8) is 0 Å². The van der Waals surface area contributed by atoms with Crippen LogP contribution < -0.4 is 15.4 Å². The maximum atomic E-state index is 6.29. The van der Waals surface area contributed by atoms with E-state index < -0.39 is 0 Å². The van der Waals surface area contributed by atoms with Gasteiger partial charge in [-0.25, -0.2) is 0 Å². The first-order valence-corrected chi connectivity index (χ1v) is 6.90. The van der Waals surface area contributed by atoms with Crippen LogP contribution in [-0.2, 0) is 6.42 Å². The summed E-state index contributed by atoms with van der Waals surface area (Å²) in [6, 6.07) is 13.8. The van der Waals surface area contributed by atoms with Crippen LogP contribution in [0.4, 0.5) is 11.4 Å². The van der Waals surface area contributed by atoms with Crippen molar-refractivity contribution < 1.29 is 4.74 Å². The van der Waals surface area contributed by atoms with Crippen LogP contribution in [-0.4, -0.2) is 20.7 Å². The molecule has 0 bridgehead atoms. The monoisotopic (exact) mass is 290 g/mol. The molecule has 0 aliphatic heterocycles. The molecule has 2 aromatic carbocycles. The first-order valence-electron chi connectivity index (χ1n) is 6.52. The van der Waals surface area contributed by atoms with E-state index in [4.69, 9.17) is 22.1 Å². The van der Waals surface area contributed by atoms with E-state index in [0.29, 0.717) is 6.54 Å². The van der Waals surface area contributed by atoms with Crippen molar-refractivity contribution >= 4 is 23.0 Å². The van der Waals surface area contributed by atoms with E-state index in [2.05, 4.69) is 11.0 Å². The van der Waals surface area contributed by atoms with Gasteiger partial charge in [0.2, 0.25) is 0 Å². The molecule has 0 heterocycles. The van der Waals surface area contributed by atoms with E-state index in [0.717, 1.165) is 34.1 Å². The van der Waals surface area contributed by atoms with E-state index in [1.165, 1.54) is 0 Å². The molecule has 0 spiro atoms. The molecule has 0 aliphatic carbocycles. The second-order valence-corrected chi connectivity index (χ2v) is 4.94. The Morgan fingerprint density at radius 2 is 1.95 bits per heavy atom. The van der Waals surface area contributed by atoms with Gasteiger partial charge in [-0.2, -0.15) is 0 Å². The van der Waals surface area contributed by atoms with E-state index in [9.17, 15) is 0 Å². The van der Waals surface area contributed by atoms with Gasteiger partial charge in [0.15, 0.2) is 0 Å². The lowest BCUT2D eigenvalue weighted by molar-refractivity contribution is 0.415. The highest BCUT2D eigenvalue weighted by Gasteiger charge is 2.12. The smallest absolute Gasteiger partial charge is 0.120 e. The van der Waals surface area contributed by atoms with Crippen molar-refractivity contribution in [2.24, 2.45) is 5.73 Å². The van der Waals surface area contributed by atoms with Crippen LogP contribution in [0.25, 0.3) is 0 Å². The van der Waals surface area contributed by atoms with Crippen molar-refractivity contribution in [2.45, 2.75) is 6.42 Å². The van der Waals surface area contributed by atoms with Gasteiger partial charge < -0.3 is 15.4 Å². The topological polar surface area (TPSA) is 38.5 Å². The van der Waals surface area contributed by atoms with E-state index in [-0.39, 0.29) is 0 Å². The molecule has 0 radical (unpaired) electrons. The van der Waals surface area contributed by atoms with Crippen molar-refractivity contribution in [1.29, 1.82) is 0 Å². The molecule has 4 heteroatoms. The lowest BCUT2D eigenvalue weighted by atomic mass is 10.1. The Morgan fingerprint density at radius 3 is 2.65 bits per heavy atom.